The quantitative estimate of drug-likeness (QED) is 0.313. The molecule has 1 amide bonds. The maximum atomic E-state index is 13.0. The van der Waals surface area contributed by atoms with Crippen LogP contribution in [0, 0.1) is 10.1 Å². The molecular weight excluding hydrogens is 432 g/mol. The van der Waals surface area contributed by atoms with Crippen LogP contribution in [-0.4, -0.2) is 30.4 Å². The van der Waals surface area contributed by atoms with Crippen LogP contribution in [0.2, 0.25) is 0 Å². The van der Waals surface area contributed by atoms with Gasteiger partial charge in [-0.2, -0.15) is 10.2 Å². The van der Waals surface area contributed by atoms with Crippen LogP contribution in [0.25, 0.3) is 16.9 Å². The third-order valence-corrected chi connectivity index (χ3v) is 6.12. The van der Waals surface area contributed by atoms with Crippen molar-refractivity contribution in [2.45, 2.75) is 38.1 Å². The summed E-state index contributed by atoms with van der Waals surface area (Å²) in [5.41, 5.74) is 2.90. The largest absolute Gasteiger partial charge is 0.311 e. The molecule has 0 radical (unpaired) electrons. The standard InChI is InChI=1S/C25H24N6O3/c32-24(27-23-14-15-26-30(23)21-8-4-5-9-21)16-19-17-29(20-6-2-1-3-7-20)28-25(19)18-10-12-22(13-11-18)31(33)34/h1-3,6-7,10-15,17,21H,4-5,8-9,16H2,(H,27,32). The van der Waals surface area contributed by atoms with Crippen molar-refractivity contribution in [1.29, 1.82) is 0 Å². The van der Waals surface area contributed by atoms with E-state index in [0.29, 0.717) is 23.1 Å². The second kappa shape index (κ2) is 9.30. The number of nitrogens with one attached hydrogen (secondary N) is 1. The molecular formula is C25H24N6O3. The number of nitrogens with zero attached hydrogens (tertiary/aromatic N) is 5. The number of amides is 1. The van der Waals surface area contributed by atoms with Crippen molar-refractivity contribution < 1.29 is 9.72 Å². The van der Waals surface area contributed by atoms with Gasteiger partial charge in [-0.25, -0.2) is 9.36 Å². The molecule has 0 spiro atoms. The topological polar surface area (TPSA) is 108 Å². The zero-order valence-corrected chi connectivity index (χ0v) is 18.5. The Morgan fingerprint density at radius 3 is 2.50 bits per heavy atom. The van der Waals surface area contributed by atoms with Crippen LogP contribution in [0.15, 0.2) is 73.1 Å². The van der Waals surface area contributed by atoms with Crippen molar-refractivity contribution in [3.63, 3.8) is 0 Å². The minimum atomic E-state index is -0.436. The van der Waals surface area contributed by atoms with Crippen molar-refractivity contribution in [3.05, 3.63) is 88.7 Å². The molecule has 34 heavy (non-hydrogen) atoms. The summed E-state index contributed by atoms with van der Waals surface area (Å²) in [6.07, 6.45) is 8.14. The molecule has 5 rings (SSSR count). The van der Waals surface area contributed by atoms with E-state index in [1.54, 1.807) is 23.0 Å². The molecule has 2 aromatic carbocycles. The zero-order chi connectivity index (χ0) is 23.5. The van der Waals surface area contributed by atoms with Crippen molar-refractivity contribution in [2.24, 2.45) is 0 Å². The second-order valence-corrected chi connectivity index (χ2v) is 8.41. The fourth-order valence-electron chi connectivity index (χ4n) is 4.45. The van der Waals surface area contributed by atoms with Gasteiger partial charge in [0.25, 0.3) is 5.69 Å². The van der Waals surface area contributed by atoms with Crippen LogP contribution in [0.3, 0.4) is 0 Å². The highest BCUT2D eigenvalue weighted by Gasteiger charge is 2.22. The van der Waals surface area contributed by atoms with Crippen LogP contribution >= 0.6 is 0 Å². The predicted octanol–water partition coefficient (Wildman–Crippen LogP) is 4.94. The van der Waals surface area contributed by atoms with Crippen LogP contribution < -0.4 is 5.32 Å². The smallest absolute Gasteiger partial charge is 0.269 e. The maximum Gasteiger partial charge on any atom is 0.269 e. The van der Waals surface area contributed by atoms with Gasteiger partial charge in [0.1, 0.15) is 5.82 Å². The lowest BCUT2D eigenvalue weighted by Gasteiger charge is -2.14. The van der Waals surface area contributed by atoms with Gasteiger partial charge in [-0.05, 0) is 37.1 Å². The van der Waals surface area contributed by atoms with Crippen molar-refractivity contribution >= 4 is 17.4 Å². The zero-order valence-electron chi connectivity index (χ0n) is 18.5. The first-order valence-corrected chi connectivity index (χ1v) is 11.3. The number of anilines is 1. The van der Waals surface area contributed by atoms with Crippen molar-refractivity contribution in [1.82, 2.24) is 19.6 Å². The van der Waals surface area contributed by atoms with E-state index < -0.39 is 4.92 Å². The van der Waals surface area contributed by atoms with E-state index in [1.165, 1.54) is 25.0 Å². The SMILES string of the molecule is O=C(Cc1cn(-c2ccccc2)nc1-c1ccc([N+](=O)[O-])cc1)Nc1ccnn1C1CCCC1. The number of hydrogen-bond acceptors (Lipinski definition) is 5. The third-order valence-electron chi connectivity index (χ3n) is 6.12. The number of nitro groups is 1. The van der Waals surface area contributed by atoms with Gasteiger partial charge in [0.15, 0.2) is 0 Å². The van der Waals surface area contributed by atoms with Gasteiger partial charge in [0.2, 0.25) is 5.91 Å². The number of carbonyl (C=O) groups excluding carboxylic acids is 1. The Morgan fingerprint density at radius 2 is 1.79 bits per heavy atom. The Balaban J connectivity index is 1.43. The minimum absolute atomic E-state index is 0.00529. The number of aromatic nitrogens is 4. The van der Waals surface area contributed by atoms with Crippen molar-refractivity contribution in [3.8, 4) is 16.9 Å². The van der Waals surface area contributed by atoms with Gasteiger partial charge in [0, 0.05) is 35.5 Å². The normalized spacial score (nSPS) is 13.8. The van der Waals surface area contributed by atoms with Gasteiger partial charge in [-0.1, -0.05) is 31.0 Å². The summed E-state index contributed by atoms with van der Waals surface area (Å²) in [6, 6.07) is 18.0. The fourth-order valence-corrected chi connectivity index (χ4v) is 4.45. The van der Waals surface area contributed by atoms with Gasteiger partial charge in [0.05, 0.1) is 35.0 Å². The predicted molar refractivity (Wildman–Crippen MR) is 128 cm³/mol. The van der Waals surface area contributed by atoms with Gasteiger partial charge < -0.3 is 5.32 Å². The Kier molecular flexibility index (Phi) is 5.90. The molecule has 9 heteroatoms. The summed E-state index contributed by atoms with van der Waals surface area (Å²) < 4.78 is 3.64. The summed E-state index contributed by atoms with van der Waals surface area (Å²) in [5, 5.41) is 23.2. The number of benzene rings is 2. The Labute approximate surface area is 196 Å². The molecule has 1 saturated carbocycles. The van der Waals surface area contributed by atoms with Crippen LogP contribution in [-0.2, 0) is 11.2 Å². The highest BCUT2D eigenvalue weighted by molar-refractivity contribution is 5.92. The van der Waals surface area contributed by atoms with Crippen LogP contribution in [0.1, 0.15) is 37.3 Å². The molecule has 1 aliphatic rings. The number of carbonyl (C=O) groups is 1. The molecule has 0 atom stereocenters. The summed E-state index contributed by atoms with van der Waals surface area (Å²) in [6.45, 7) is 0. The minimum Gasteiger partial charge on any atom is -0.311 e. The van der Waals surface area contributed by atoms with Crippen LogP contribution in [0.5, 0.6) is 0 Å². The van der Waals surface area contributed by atoms with E-state index in [1.807, 2.05) is 47.3 Å². The molecule has 4 aromatic rings. The number of nitro benzene ring substituents is 1. The maximum absolute atomic E-state index is 13.0. The Morgan fingerprint density at radius 1 is 1.06 bits per heavy atom. The molecule has 0 aliphatic heterocycles. The third kappa shape index (κ3) is 4.45. The first-order valence-electron chi connectivity index (χ1n) is 11.3. The lowest BCUT2D eigenvalue weighted by molar-refractivity contribution is -0.384. The van der Waals surface area contributed by atoms with Gasteiger partial charge >= 0.3 is 0 Å². The van der Waals surface area contributed by atoms with Crippen molar-refractivity contribution in [2.75, 3.05) is 5.32 Å². The molecule has 0 bridgehead atoms. The number of non-ortho nitro benzene ring substituents is 1. The second-order valence-electron chi connectivity index (χ2n) is 8.41. The van der Waals surface area contributed by atoms with E-state index in [0.717, 1.165) is 24.1 Å². The molecule has 2 heterocycles. The number of hydrogen-bond donors (Lipinski definition) is 1. The summed E-state index contributed by atoms with van der Waals surface area (Å²) in [5.74, 6) is 0.528. The average Bonchev–Trinajstić information content (AvgIpc) is 3.61. The summed E-state index contributed by atoms with van der Waals surface area (Å²) >= 11 is 0. The Bertz CT molecular complexity index is 1300. The van der Waals surface area contributed by atoms with Gasteiger partial charge in [-0.15, -0.1) is 0 Å². The molecule has 0 saturated heterocycles. The van der Waals surface area contributed by atoms with Gasteiger partial charge in [-0.3, -0.25) is 14.9 Å². The average molecular weight is 457 g/mol. The monoisotopic (exact) mass is 456 g/mol. The van der Waals surface area contributed by atoms with E-state index in [9.17, 15) is 14.9 Å². The number of para-hydroxylation sites is 1. The van der Waals surface area contributed by atoms with E-state index in [2.05, 4.69) is 10.4 Å². The van der Waals surface area contributed by atoms with Crippen LogP contribution in [0.4, 0.5) is 11.5 Å². The molecule has 0 unspecified atom stereocenters. The summed E-state index contributed by atoms with van der Waals surface area (Å²) in [7, 11) is 0. The summed E-state index contributed by atoms with van der Waals surface area (Å²) in [4.78, 5) is 23.7. The lowest BCUT2D eigenvalue weighted by atomic mass is 10.1. The highest BCUT2D eigenvalue weighted by Crippen LogP contribution is 2.31. The van der Waals surface area contributed by atoms with E-state index in [-0.39, 0.29) is 18.0 Å². The molecule has 1 fully saturated rings. The Hall–Kier alpha value is -4.27. The highest BCUT2D eigenvalue weighted by atomic mass is 16.6. The molecule has 2 aromatic heterocycles. The fraction of sp³-hybridized carbons (Fsp3) is 0.240. The van der Waals surface area contributed by atoms with E-state index in [4.69, 9.17) is 5.10 Å². The lowest BCUT2D eigenvalue weighted by Crippen LogP contribution is -2.19. The first kappa shape index (κ1) is 21.6. The number of rotatable bonds is 7. The first-order chi connectivity index (χ1) is 16.6. The molecule has 172 valence electrons. The molecule has 1 aliphatic carbocycles. The van der Waals surface area contributed by atoms with E-state index >= 15 is 0 Å². The molecule has 1 N–H and O–H groups in total. The molecule has 9 nitrogen and oxygen atoms in total.